The van der Waals surface area contributed by atoms with Gasteiger partial charge in [-0.05, 0) is 49.2 Å². The highest BCUT2D eigenvalue weighted by Crippen LogP contribution is 2.35. The Hall–Kier alpha value is -3.74. The average molecular weight is 593 g/mol. The van der Waals surface area contributed by atoms with Crippen LogP contribution >= 0.6 is 0 Å². The standard InChI is InChI=1S/C11H20O2.C10H14O3.C9H14O.2CO2/c1-5-8-11(3,4)9-7-10(12)13-6-2;1-4-13-9(12)8-7(11)5-6-10(8,2)3;1-4-7-5-9(2,3)6-8(7)10;2*2-1-3/h7,9H,5-6,8H2,1-4H3;5-6,8H,4H2,1-3H3;5H,4,6H2,1-3H3;;. The third-order valence-corrected chi connectivity index (χ3v) is 6.00. The van der Waals surface area contributed by atoms with Crippen LogP contribution in [-0.2, 0) is 47.8 Å². The molecular formula is C32H48O10. The number of hydrogen-bond acceptors (Lipinski definition) is 10. The van der Waals surface area contributed by atoms with Gasteiger partial charge >= 0.3 is 24.2 Å². The molecule has 0 radical (unpaired) electrons. The number of allylic oxidation sites excluding steroid dienone is 5. The van der Waals surface area contributed by atoms with Crippen LogP contribution in [0.3, 0.4) is 0 Å². The minimum absolute atomic E-state index is 0.0987. The smallest absolute Gasteiger partial charge is 0.373 e. The molecular weight excluding hydrogens is 544 g/mol. The molecule has 0 aromatic heterocycles. The van der Waals surface area contributed by atoms with Crippen LogP contribution in [-0.4, -0.2) is 49.0 Å². The van der Waals surface area contributed by atoms with Crippen molar-refractivity contribution < 1.29 is 47.8 Å². The van der Waals surface area contributed by atoms with E-state index in [1.165, 1.54) is 12.2 Å². The summed E-state index contributed by atoms with van der Waals surface area (Å²) < 4.78 is 9.62. The molecule has 0 spiro atoms. The molecule has 0 fully saturated rings. The largest absolute Gasteiger partial charge is 0.465 e. The molecule has 0 bridgehead atoms. The Labute approximate surface area is 250 Å². The Balaban J connectivity index is -0.000000498. The van der Waals surface area contributed by atoms with Crippen molar-refractivity contribution in [2.45, 2.75) is 94.9 Å². The molecule has 0 amide bonds. The highest BCUT2D eigenvalue weighted by molar-refractivity contribution is 6.08. The van der Waals surface area contributed by atoms with Gasteiger partial charge in [-0.1, -0.05) is 80.0 Å². The molecule has 0 aromatic carbocycles. The zero-order valence-electron chi connectivity index (χ0n) is 26.8. The molecule has 0 heterocycles. The Morgan fingerprint density at radius 2 is 1.45 bits per heavy atom. The van der Waals surface area contributed by atoms with Crippen molar-refractivity contribution in [3.63, 3.8) is 0 Å². The molecule has 0 aliphatic heterocycles. The van der Waals surface area contributed by atoms with Crippen molar-refractivity contribution in [2.75, 3.05) is 13.2 Å². The number of ether oxygens (including phenoxy) is 2. The van der Waals surface area contributed by atoms with E-state index in [-0.39, 0.29) is 34.9 Å². The second-order valence-corrected chi connectivity index (χ2v) is 11.3. The van der Waals surface area contributed by atoms with Crippen molar-refractivity contribution in [1.82, 2.24) is 0 Å². The molecule has 0 saturated carbocycles. The number of carbonyl (C=O) groups is 4. The molecule has 42 heavy (non-hydrogen) atoms. The van der Waals surface area contributed by atoms with Crippen molar-refractivity contribution in [2.24, 2.45) is 22.2 Å². The van der Waals surface area contributed by atoms with Gasteiger partial charge in [-0.2, -0.15) is 19.2 Å². The van der Waals surface area contributed by atoms with E-state index < -0.39 is 17.3 Å². The van der Waals surface area contributed by atoms with Gasteiger partial charge in [0.05, 0.1) is 13.2 Å². The number of Topliss-reactive ketones (excluding diaryl/α,β-unsaturated/α-hetero) is 1. The van der Waals surface area contributed by atoms with Crippen LogP contribution < -0.4 is 0 Å². The number of carbonyl (C=O) groups excluding carboxylic acids is 8. The lowest BCUT2D eigenvalue weighted by Crippen LogP contribution is -2.32. The van der Waals surface area contributed by atoms with Crippen LogP contribution in [0.2, 0.25) is 0 Å². The zero-order valence-corrected chi connectivity index (χ0v) is 26.8. The Kier molecular flexibility index (Phi) is 22.3. The molecule has 0 saturated heterocycles. The molecule has 236 valence electrons. The molecule has 10 heteroatoms. The summed E-state index contributed by atoms with van der Waals surface area (Å²) in [5.41, 5.74) is 0.845. The SMILES string of the molecule is CCC1=CC(C)(C)CC1=O.CCCC(C)(C)C=CC(=O)OCC.CCOC(=O)C1C(=O)C=CC1(C)C.O=C=O.O=C=O. The molecule has 2 aliphatic rings. The van der Waals surface area contributed by atoms with Crippen LogP contribution in [0.5, 0.6) is 0 Å². The predicted octanol–water partition coefficient (Wildman–Crippen LogP) is 5.42. The Morgan fingerprint density at radius 3 is 1.76 bits per heavy atom. The van der Waals surface area contributed by atoms with Crippen molar-refractivity contribution in [1.29, 1.82) is 0 Å². The highest BCUT2D eigenvalue weighted by atomic mass is 16.5. The Morgan fingerprint density at radius 1 is 0.952 bits per heavy atom. The summed E-state index contributed by atoms with van der Waals surface area (Å²) in [6, 6.07) is 0. The van der Waals surface area contributed by atoms with Crippen LogP contribution in [0.4, 0.5) is 0 Å². The second kappa shape index (κ2) is 21.9. The van der Waals surface area contributed by atoms with E-state index in [4.69, 9.17) is 28.7 Å². The summed E-state index contributed by atoms with van der Waals surface area (Å²) in [6.45, 7) is 20.6. The summed E-state index contributed by atoms with van der Waals surface area (Å²) >= 11 is 0. The van der Waals surface area contributed by atoms with Crippen molar-refractivity contribution in [3.05, 3.63) is 36.0 Å². The van der Waals surface area contributed by atoms with Gasteiger partial charge in [0.1, 0.15) is 5.92 Å². The van der Waals surface area contributed by atoms with Gasteiger partial charge in [0.25, 0.3) is 0 Å². The normalized spacial score (nSPS) is 17.3. The molecule has 1 atom stereocenters. The van der Waals surface area contributed by atoms with Gasteiger partial charge in [0.15, 0.2) is 11.6 Å². The van der Waals surface area contributed by atoms with E-state index in [2.05, 4.69) is 40.7 Å². The maximum absolute atomic E-state index is 11.4. The van der Waals surface area contributed by atoms with E-state index in [0.29, 0.717) is 25.4 Å². The first-order valence-corrected chi connectivity index (χ1v) is 13.9. The molecule has 0 N–H and O–H groups in total. The fraction of sp³-hybridized carbons (Fsp3) is 0.625. The van der Waals surface area contributed by atoms with Gasteiger partial charge in [0, 0.05) is 17.9 Å². The van der Waals surface area contributed by atoms with Crippen molar-refractivity contribution >= 4 is 35.8 Å². The van der Waals surface area contributed by atoms with E-state index in [9.17, 15) is 19.2 Å². The third-order valence-electron chi connectivity index (χ3n) is 6.00. The summed E-state index contributed by atoms with van der Waals surface area (Å²) in [4.78, 5) is 77.3. The second-order valence-electron chi connectivity index (χ2n) is 11.3. The summed E-state index contributed by atoms with van der Waals surface area (Å²) in [5.74, 6) is -1.11. The van der Waals surface area contributed by atoms with Gasteiger partial charge in [0.2, 0.25) is 0 Å². The fourth-order valence-corrected chi connectivity index (χ4v) is 4.14. The minimum Gasteiger partial charge on any atom is -0.465 e. The first kappa shape index (κ1) is 42.7. The van der Waals surface area contributed by atoms with Gasteiger partial charge in [-0.15, -0.1) is 0 Å². The topological polar surface area (TPSA) is 155 Å². The van der Waals surface area contributed by atoms with E-state index in [1.54, 1.807) is 13.0 Å². The molecule has 10 nitrogen and oxygen atoms in total. The van der Waals surface area contributed by atoms with Crippen LogP contribution in [0.25, 0.3) is 0 Å². The van der Waals surface area contributed by atoms with E-state index in [1.807, 2.05) is 33.8 Å². The number of esters is 2. The van der Waals surface area contributed by atoms with Crippen LogP contribution in [0.1, 0.15) is 94.9 Å². The van der Waals surface area contributed by atoms with E-state index >= 15 is 0 Å². The average Bonchev–Trinajstić information content (AvgIpc) is 3.31. The van der Waals surface area contributed by atoms with Crippen molar-refractivity contribution in [3.8, 4) is 0 Å². The van der Waals surface area contributed by atoms with Gasteiger partial charge in [-0.25, -0.2) is 4.79 Å². The van der Waals surface area contributed by atoms with Crippen LogP contribution in [0.15, 0.2) is 36.0 Å². The summed E-state index contributed by atoms with van der Waals surface area (Å²) in [6.07, 6.45) is 13.1. The van der Waals surface area contributed by atoms with Crippen LogP contribution in [0, 0.1) is 22.2 Å². The predicted molar refractivity (Wildman–Crippen MR) is 154 cm³/mol. The number of ketones is 2. The quantitative estimate of drug-likeness (QED) is 0.203. The Bertz CT molecular complexity index is 1020. The summed E-state index contributed by atoms with van der Waals surface area (Å²) in [5, 5.41) is 0. The zero-order chi connectivity index (χ0) is 33.6. The number of hydrogen-bond donors (Lipinski definition) is 0. The third kappa shape index (κ3) is 19.4. The maximum atomic E-state index is 11.4. The molecule has 2 rings (SSSR count). The molecule has 2 aliphatic carbocycles. The first-order valence-electron chi connectivity index (χ1n) is 13.9. The summed E-state index contributed by atoms with van der Waals surface area (Å²) in [7, 11) is 0. The van der Waals surface area contributed by atoms with E-state index in [0.717, 1.165) is 24.8 Å². The lowest BCUT2D eigenvalue weighted by atomic mass is 9.82. The first-order chi connectivity index (χ1) is 19.4. The van der Waals surface area contributed by atoms with Gasteiger partial charge in [-0.3, -0.25) is 14.4 Å². The molecule has 1 unspecified atom stereocenters. The number of rotatable bonds is 8. The lowest BCUT2D eigenvalue weighted by Gasteiger charge is -2.22. The monoisotopic (exact) mass is 592 g/mol. The minimum atomic E-state index is -0.646. The lowest BCUT2D eigenvalue weighted by molar-refractivity contribution is -0.193. The highest BCUT2D eigenvalue weighted by Gasteiger charge is 2.43. The van der Waals surface area contributed by atoms with Gasteiger partial charge < -0.3 is 9.47 Å². The fourth-order valence-electron chi connectivity index (χ4n) is 4.14. The maximum Gasteiger partial charge on any atom is 0.373 e. The molecule has 0 aromatic rings.